The van der Waals surface area contributed by atoms with E-state index in [-0.39, 0.29) is 11.8 Å². The summed E-state index contributed by atoms with van der Waals surface area (Å²) in [6.45, 7) is 7.65. The summed E-state index contributed by atoms with van der Waals surface area (Å²) in [6.07, 6.45) is 26.0. The number of hydrogen-bond donors (Lipinski definition) is 2. The van der Waals surface area contributed by atoms with Crippen molar-refractivity contribution in [2.75, 3.05) is 43.4 Å². The molecule has 4 rings (SSSR count). The third kappa shape index (κ3) is 15.7. The maximum atomic E-state index is 13.1. The van der Waals surface area contributed by atoms with Gasteiger partial charge in [-0.15, -0.1) is 0 Å². The second-order valence-electron chi connectivity index (χ2n) is 15.2. The molecule has 1 unspecified atom stereocenters. The van der Waals surface area contributed by atoms with Crippen molar-refractivity contribution in [1.29, 1.82) is 5.26 Å². The first-order valence-corrected chi connectivity index (χ1v) is 21.2. The van der Waals surface area contributed by atoms with E-state index in [1.807, 2.05) is 30.3 Å². The molecule has 2 saturated heterocycles. The molecule has 8 heteroatoms. The average molecular weight is 739 g/mol. The second-order valence-corrected chi connectivity index (χ2v) is 16.0. The van der Waals surface area contributed by atoms with Crippen molar-refractivity contribution in [3.05, 3.63) is 58.1 Å². The molecule has 0 radical (unpaired) electrons. The molecule has 2 aliphatic rings. The first kappa shape index (κ1) is 41.5. The zero-order chi connectivity index (χ0) is 36.1. The number of halogens is 2. The molecule has 282 valence electrons. The monoisotopic (exact) mass is 737 g/mol. The molecule has 1 amide bonds. The van der Waals surface area contributed by atoms with E-state index in [4.69, 9.17) is 28.5 Å². The van der Waals surface area contributed by atoms with Crippen molar-refractivity contribution in [2.45, 2.75) is 147 Å². The number of nitrogens with zero attached hydrogens (tertiary/aromatic N) is 3. The van der Waals surface area contributed by atoms with Gasteiger partial charge in [-0.25, -0.2) is 0 Å². The largest absolute Gasteiger partial charge is 0.382 e. The van der Waals surface area contributed by atoms with Crippen LogP contribution in [0.3, 0.4) is 0 Å². The maximum Gasteiger partial charge on any atom is 0.227 e. The summed E-state index contributed by atoms with van der Waals surface area (Å²) in [7, 11) is 0. The zero-order valence-electron chi connectivity index (χ0n) is 31.5. The Bertz CT molecular complexity index is 1300. The summed E-state index contributed by atoms with van der Waals surface area (Å²) >= 11 is 12.3. The Balaban J connectivity index is 1.17. The van der Waals surface area contributed by atoms with Crippen LogP contribution in [0.5, 0.6) is 0 Å². The molecule has 2 aromatic rings. The van der Waals surface area contributed by atoms with Gasteiger partial charge in [0.05, 0.1) is 21.7 Å². The molecule has 2 aromatic carbocycles. The van der Waals surface area contributed by atoms with Crippen LogP contribution in [-0.2, 0) is 4.79 Å². The lowest BCUT2D eigenvalue weighted by Crippen LogP contribution is -2.46. The molecule has 0 spiro atoms. The van der Waals surface area contributed by atoms with Gasteiger partial charge in [0.25, 0.3) is 0 Å². The van der Waals surface area contributed by atoms with Gasteiger partial charge in [0, 0.05) is 42.5 Å². The highest BCUT2D eigenvalue weighted by Gasteiger charge is 2.29. The van der Waals surface area contributed by atoms with Gasteiger partial charge in [0.1, 0.15) is 0 Å². The van der Waals surface area contributed by atoms with Crippen molar-refractivity contribution in [2.24, 2.45) is 5.92 Å². The van der Waals surface area contributed by atoms with Gasteiger partial charge in [-0.2, -0.15) is 5.26 Å². The van der Waals surface area contributed by atoms with Crippen LogP contribution in [0.2, 0.25) is 10.0 Å². The highest BCUT2D eigenvalue weighted by atomic mass is 35.5. The molecule has 0 bridgehead atoms. The molecule has 2 fully saturated rings. The third-order valence-electron chi connectivity index (χ3n) is 11.2. The summed E-state index contributed by atoms with van der Waals surface area (Å²) in [4.78, 5) is 18.5. The Hall–Kier alpha value is -2.30. The fourth-order valence-electron chi connectivity index (χ4n) is 7.94. The van der Waals surface area contributed by atoms with Gasteiger partial charge in [0.2, 0.25) is 5.91 Å². The summed E-state index contributed by atoms with van der Waals surface area (Å²) in [6, 6.07) is 16.4. The topological polar surface area (TPSA) is 71.4 Å². The Labute approximate surface area is 320 Å². The first-order chi connectivity index (χ1) is 24.9. The standard InChI is InChI=1S/C43H65Cl2N5O/c1-2-3-4-5-6-7-8-9-10-11-12-13-14-15-16-40(27-30-49-28-25-38(26-29-49)47-37-19-17-35(34-46)18-20-37)50-31-23-36(24-32-50)43(51)48-39-21-22-41(44)42(45)33-39/h17-22,33,36,38,40,47H,2-16,23-32H2,1H3,(H,48,51). The van der Waals surface area contributed by atoms with Crippen LogP contribution >= 0.6 is 23.2 Å². The number of unbranched alkanes of at least 4 members (excludes halogenated alkanes) is 13. The molecule has 0 saturated carbocycles. The maximum absolute atomic E-state index is 13.1. The fraction of sp³-hybridized carbons (Fsp3) is 0.674. The third-order valence-corrected chi connectivity index (χ3v) is 12.0. The van der Waals surface area contributed by atoms with Gasteiger partial charge in [0.15, 0.2) is 0 Å². The number of carbonyl (C=O) groups is 1. The molecule has 2 aliphatic heterocycles. The van der Waals surface area contributed by atoms with Crippen molar-refractivity contribution in [1.82, 2.24) is 9.80 Å². The van der Waals surface area contributed by atoms with Crippen molar-refractivity contribution in [3.63, 3.8) is 0 Å². The summed E-state index contributed by atoms with van der Waals surface area (Å²) in [5, 5.41) is 16.8. The Kier molecular flexibility index (Phi) is 19.6. The highest BCUT2D eigenvalue weighted by Crippen LogP contribution is 2.28. The van der Waals surface area contributed by atoms with E-state index >= 15 is 0 Å². The van der Waals surface area contributed by atoms with Crippen LogP contribution in [0, 0.1) is 17.2 Å². The van der Waals surface area contributed by atoms with Crippen molar-refractivity contribution in [3.8, 4) is 6.07 Å². The highest BCUT2D eigenvalue weighted by molar-refractivity contribution is 6.42. The minimum atomic E-state index is 0.0278. The van der Waals surface area contributed by atoms with Crippen LogP contribution in [0.25, 0.3) is 0 Å². The Morgan fingerprint density at radius 1 is 0.745 bits per heavy atom. The lowest BCUT2D eigenvalue weighted by Gasteiger charge is -2.39. The number of nitrogens with one attached hydrogen (secondary N) is 2. The van der Waals surface area contributed by atoms with Gasteiger partial charge >= 0.3 is 0 Å². The minimum absolute atomic E-state index is 0.0278. The van der Waals surface area contributed by atoms with E-state index < -0.39 is 0 Å². The van der Waals surface area contributed by atoms with E-state index in [9.17, 15) is 4.79 Å². The minimum Gasteiger partial charge on any atom is -0.382 e. The molecule has 0 aliphatic carbocycles. The van der Waals surface area contributed by atoms with E-state index in [1.54, 1.807) is 12.1 Å². The average Bonchev–Trinajstić information content (AvgIpc) is 3.15. The fourth-order valence-corrected chi connectivity index (χ4v) is 8.24. The van der Waals surface area contributed by atoms with Gasteiger partial charge in [-0.3, -0.25) is 4.79 Å². The molecular weight excluding hydrogens is 673 g/mol. The van der Waals surface area contributed by atoms with Crippen LogP contribution in [0.15, 0.2) is 42.5 Å². The second kappa shape index (κ2) is 24.1. The van der Waals surface area contributed by atoms with Crippen LogP contribution in [0.4, 0.5) is 11.4 Å². The van der Waals surface area contributed by atoms with Crippen LogP contribution in [-0.4, -0.2) is 60.5 Å². The van der Waals surface area contributed by atoms with E-state index in [0.29, 0.717) is 33.4 Å². The van der Waals surface area contributed by atoms with E-state index in [1.165, 1.54) is 103 Å². The number of anilines is 2. The van der Waals surface area contributed by atoms with Gasteiger partial charge in [-0.05, 0) is 101 Å². The number of rotatable bonds is 23. The Morgan fingerprint density at radius 2 is 1.31 bits per heavy atom. The SMILES string of the molecule is CCCCCCCCCCCCCCCCC(CCN1CCC(Nc2ccc(C#N)cc2)CC1)N1CCC(C(=O)Nc2ccc(Cl)c(Cl)c2)CC1. The zero-order valence-corrected chi connectivity index (χ0v) is 33.0. The number of carbonyl (C=O) groups excluding carboxylic acids is 1. The molecule has 0 aromatic heterocycles. The number of piperidine rings is 2. The molecular formula is C43H65Cl2N5O. The first-order valence-electron chi connectivity index (χ1n) is 20.4. The number of nitriles is 1. The smallest absolute Gasteiger partial charge is 0.227 e. The summed E-state index contributed by atoms with van der Waals surface area (Å²) < 4.78 is 0. The van der Waals surface area contributed by atoms with Crippen molar-refractivity contribution >= 4 is 40.5 Å². The van der Waals surface area contributed by atoms with Crippen LogP contribution in [0.1, 0.15) is 141 Å². The molecule has 51 heavy (non-hydrogen) atoms. The predicted octanol–water partition coefficient (Wildman–Crippen LogP) is 11.7. The molecule has 2 N–H and O–H groups in total. The van der Waals surface area contributed by atoms with Gasteiger partial charge < -0.3 is 20.4 Å². The van der Waals surface area contributed by atoms with E-state index in [2.05, 4.69) is 33.4 Å². The quantitative estimate of drug-likeness (QED) is 0.111. The molecule has 2 heterocycles. The molecule has 6 nitrogen and oxygen atoms in total. The molecule has 1 atom stereocenters. The Morgan fingerprint density at radius 3 is 1.88 bits per heavy atom. The normalized spacial score (nSPS) is 16.9. The van der Waals surface area contributed by atoms with Crippen molar-refractivity contribution < 1.29 is 4.79 Å². The predicted molar refractivity (Wildman–Crippen MR) is 217 cm³/mol. The number of likely N-dealkylation sites (tertiary alicyclic amines) is 2. The number of hydrogen-bond acceptors (Lipinski definition) is 5. The summed E-state index contributed by atoms with van der Waals surface area (Å²) in [5.41, 5.74) is 2.52. The van der Waals surface area contributed by atoms with Gasteiger partial charge in [-0.1, -0.05) is 120 Å². The number of amides is 1. The number of benzene rings is 2. The lowest BCUT2D eigenvalue weighted by atomic mass is 9.92. The lowest BCUT2D eigenvalue weighted by molar-refractivity contribution is -0.121. The van der Waals surface area contributed by atoms with E-state index in [0.717, 1.165) is 64.1 Å². The van der Waals surface area contributed by atoms with Crippen LogP contribution < -0.4 is 10.6 Å². The summed E-state index contributed by atoms with van der Waals surface area (Å²) in [5.74, 6) is 0.120.